The molecule has 1 aliphatic heterocycles. The van der Waals surface area contributed by atoms with Crippen molar-refractivity contribution in [3.8, 4) is 5.75 Å². The Hall–Kier alpha value is -2.66. The van der Waals surface area contributed by atoms with E-state index in [1.807, 2.05) is 43.4 Å². The van der Waals surface area contributed by atoms with Gasteiger partial charge in [0, 0.05) is 25.4 Å². The highest BCUT2D eigenvalue weighted by Crippen LogP contribution is 2.26. The first-order valence-electron chi connectivity index (χ1n) is 10.4. The van der Waals surface area contributed by atoms with Crippen molar-refractivity contribution in [3.05, 3.63) is 59.8 Å². The lowest BCUT2D eigenvalue weighted by Crippen LogP contribution is -2.33. The first kappa shape index (κ1) is 19.6. The molecule has 152 valence electrons. The largest absolute Gasteiger partial charge is 0.497 e. The number of piperidine rings is 1. The minimum absolute atomic E-state index is 0.169. The van der Waals surface area contributed by atoms with Gasteiger partial charge in [0.05, 0.1) is 12.6 Å². The van der Waals surface area contributed by atoms with Crippen LogP contribution in [-0.4, -0.2) is 40.7 Å². The number of ether oxygens (including phenoxy) is 1. The van der Waals surface area contributed by atoms with Gasteiger partial charge in [-0.25, -0.2) is 0 Å². The Morgan fingerprint density at radius 1 is 1.10 bits per heavy atom. The van der Waals surface area contributed by atoms with Crippen LogP contribution in [0.5, 0.6) is 5.75 Å². The number of carbonyl (C=O) groups is 1. The molecular formula is C24H29N3O2. The number of fused-ring (bicyclic) bond motifs is 1. The number of para-hydroxylation sites is 1. The average Bonchev–Trinajstić information content (AvgIpc) is 3.10. The van der Waals surface area contributed by atoms with E-state index in [0.29, 0.717) is 18.0 Å². The van der Waals surface area contributed by atoms with E-state index in [1.54, 1.807) is 11.8 Å². The van der Waals surface area contributed by atoms with Gasteiger partial charge in [-0.2, -0.15) is 5.10 Å². The van der Waals surface area contributed by atoms with Crippen molar-refractivity contribution in [1.29, 1.82) is 0 Å². The zero-order chi connectivity index (χ0) is 20.2. The summed E-state index contributed by atoms with van der Waals surface area (Å²) in [6.45, 7) is 3.17. The number of rotatable bonds is 7. The molecule has 5 heteroatoms. The molecule has 0 unspecified atom stereocenters. The third-order valence-electron chi connectivity index (χ3n) is 6.07. The van der Waals surface area contributed by atoms with Gasteiger partial charge in [-0.05, 0) is 62.0 Å². The van der Waals surface area contributed by atoms with Gasteiger partial charge in [-0.1, -0.05) is 30.3 Å². The molecule has 4 rings (SSSR count). The minimum Gasteiger partial charge on any atom is -0.497 e. The Kier molecular flexibility index (Phi) is 5.95. The first-order chi connectivity index (χ1) is 14.1. The summed E-state index contributed by atoms with van der Waals surface area (Å²) in [5.41, 5.74) is 2.96. The van der Waals surface area contributed by atoms with Gasteiger partial charge in [-0.3, -0.25) is 14.4 Å². The van der Waals surface area contributed by atoms with Gasteiger partial charge < -0.3 is 4.74 Å². The van der Waals surface area contributed by atoms with E-state index >= 15 is 0 Å². The lowest BCUT2D eigenvalue weighted by molar-refractivity contribution is 0.0957. The number of ketones is 1. The third-order valence-corrected chi connectivity index (χ3v) is 6.07. The lowest BCUT2D eigenvalue weighted by Gasteiger charge is -2.32. The second-order valence-electron chi connectivity index (χ2n) is 8.02. The minimum atomic E-state index is 0.169. The molecule has 0 N–H and O–H groups in total. The third kappa shape index (κ3) is 4.51. The predicted molar refractivity (Wildman–Crippen MR) is 115 cm³/mol. The van der Waals surface area contributed by atoms with Crippen molar-refractivity contribution < 1.29 is 9.53 Å². The summed E-state index contributed by atoms with van der Waals surface area (Å²) < 4.78 is 7.04. The fraction of sp³-hybridized carbons (Fsp3) is 0.417. The number of hydrogen-bond acceptors (Lipinski definition) is 4. The van der Waals surface area contributed by atoms with Gasteiger partial charge in [0.15, 0.2) is 5.78 Å². The summed E-state index contributed by atoms with van der Waals surface area (Å²) in [4.78, 5) is 15.3. The Bertz CT molecular complexity index is 969. The van der Waals surface area contributed by atoms with Crippen LogP contribution in [0.1, 0.15) is 41.7 Å². The molecule has 3 aromatic rings. The highest BCUT2D eigenvalue weighted by atomic mass is 16.5. The van der Waals surface area contributed by atoms with Gasteiger partial charge in [0.1, 0.15) is 11.4 Å². The Morgan fingerprint density at radius 2 is 1.83 bits per heavy atom. The summed E-state index contributed by atoms with van der Waals surface area (Å²) in [5, 5.41) is 5.44. The Morgan fingerprint density at radius 3 is 2.55 bits per heavy atom. The molecule has 5 nitrogen and oxygen atoms in total. The zero-order valence-corrected chi connectivity index (χ0v) is 17.3. The molecule has 1 saturated heterocycles. The monoisotopic (exact) mass is 391 g/mol. The fourth-order valence-corrected chi connectivity index (χ4v) is 4.30. The van der Waals surface area contributed by atoms with E-state index in [2.05, 4.69) is 22.1 Å². The summed E-state index contributed by atoms with van der Waals surface area (Å²) >= 11 is 0. The van der Waals surface area contributed by atoms with Crippen LogP contribution in [0.2, 0.25) is 0 Å². The normalized spacial score (nSPS) is 15.7. The summed E-state index contributed by atoms with van der Waals surface area (Å²) in [7, 11) is 3.60. The van der Waals surface area contributed by atoms with E-state index in [-0.39, 0.29) is 5.78 Å². The second kappa shape index (κ2) is 8.78. The molecule has 2 aromatic carbocycles. The number of aryl methyl sites for hydroxylation is 1. The SMILES string of the molecule is COc1ccc(CN2CCC(CCC(=O)c3nn(C)c4ccccc34)CC2)cc1. The maximum Gasteiger partial charge on any atom is 0.183 e. The van der Waals surface area contributed by atoms with E-state index in [4.69, 9.17) is 4.74 Å². The number of hydrogen-bond donors (Lipinski definition) is 0. The van der Waals surface area contributed by atoms with Crippen LogP contribution >= 0.6 is 0 Å². The number of methoxy groups -OCH3 is 1. The molecule has 0 bridgehead atoms. The van der Waals surface area contributed by atoms with Crippen LogP contribution in [0, 0.1) is 5.92 Å². The van der Waals surface area contributed by atoms with Gasteiger partial charge in [0.2, 0.25) is 0 Å². The van der Waals surface area contributed by atoms with E-state index in [0.717, 1.165) is 55.5 Å². The molecule has 0 atom stereocenters. The molecule has 29 heavy (non-hydrogen) atoms. The second-order valence-corrected chi connectivity index (χ2v) is 8.02. The Balaban J connectivity index is 1.26. The number of carbonyl (C=O) groups excluding carboxylic acids is 1. The maximum atomic E-state index is 12.8. The van der Waals surface area contributed by atoms with E-state index < -0.39 is 0 Å². The molecule has 0 aliphatic carbocycles. The van der Waals surface area contributed by atoms with Gasteiger partial charge in [0.25, 0.3) is 0 Å². The van der Waals surface area contributed by atoms with E-state index in [1.165, 1.54) is 5.56 Å². The quantitative estimate of drug-likeness (QED) is 0.558. The number of Topliss-reactive ketones (excluding diaryl/α,β-unsaturated/α-hetero) is 1. The van der Waals surface area contributed by atoms with Crippen LogP contribution in [0.4, 0.5) is 0 Å². The molecule has 0 amide bonds. The van der Waals surface area contributed by atoms with Crippen LogP contribution in [0.15, 0.2) is 48.5 Å². The molecule has 0 saturated carbocycles. The summed E-state index contributed by atoms with van der Waals surface area (Å²) in [6, 6.07) is 16.3. The highest BCUT2D eigenvalue weighted by Gasteiger charge is 2.22. The van der Waals surface area contributed by atoms with Crippen LogP contribution in [-0.2, 0) is 13.6 Å². The van der Waals surface area contributed by atoms with Crippen molar-refractivity contribution in [1.82, 2.24) is 14.7 Å². The highest BCUT2D eigenvalue weighted by molar-refractivity contribution is 6.05. The zero-order valence-electron chi connectivity index (χ0n) is 17.3. The van der Waals surface area contributed by atoms with Gasteiger partial charge in [-0.15, -0.1) is 0 Å². The van der Waals surface area contributed by atoms with Crippen molar-refractivity contribution in [2.45, 2.75) is 32.2 Å². The van der Waals surface area contributed by atoms with Crippen molar-refractivity contribution >= 4 is 16.7 Å². The van der Waals surface area contributed by atoms with Crippen molar-refractivity contribution in [2.24, 2.45) is 13.0 Å². The predicted octanol–water partition coefficient (Wildman–Crippen LogP) is 4.46. The summed E-state index contributed by atoms with van der Waals surface area (Å²) in [5.74, 6) is 1.70. The molecule has 1 aromatic heterocycles. The number of nitrogens with zero attached hydrogens (tertiary/aromatic N) is 3. The fourth-order valence-electron chi connectivity index (χ4n) is 4.30. The van der Waals surface area contributed by atoms with Crippen molar-refractivity contribution in [2.75, 3.05) is 20.2 Å². The molecule has 1 fully saturated rings. The number of benzene rings is 2. The average molecular weight is 392 g/mol. The standard InChI is InChI=1S/C24H29N3O2/c1-26-22-6-4-3-5-21(22)24(25-26)23(28)12-9-18-13-15-27(16-14-18)17-19-7-10-20(29-2)11-8-19/h3-8,10-11,18H,9,12-17H2,1-2H3. The maximum absolute atomic E-state index is 12.8. The Labute approximate surface area is 172 Å². The molecule has 0 spiro atoms. The lowest BCUT2D eigenvalue weighted by atomic mass is 9.90. The van der Waals surface area contributed by atoms with Gasteiger partial charge >= 0.3 is 0 Å². The topological polar surface area (TPSA) is 47.4 Å². The van der Waals surface area contributed by atoms with Crippen molar-refractivity contribution in [3.63, 3.8) is 0 Å². The van der Waals surface area contributed by atoms with Crippen LogP contribution in [0.25, 0.3) is 10.9 Å². The molecular weight excluding hydrogens is 362 g/mol. The molecule has 0 radical (unpaired) electrons. The number of likely N-dealkylation sites (tertiary alicyclic amines) is 1. The van der Waals surface area contributed by atoms with Crippen LogP contribution in [0.3, 0.4) is 0 Å². The van der Waals surface area contributed by atoms with Crippen LogP contribution < -0.4 is 4.74 Å². The van der Waals surface area contributed by atoms with E-state index in [9.17, 15) is 4.79 Å². The number of aromatic nitrogens is 2. The first-order valence-corrected chi connectivity index (χ1v) is 10.4. The smallest absolute Gasteiger partial charge is 0.183 e. The molecule has 2 heterocycles. The summed E-state index contributed by atoms with van der Waals surface area (Å²) in [6.07, 6.45) is 3.86. The molecule has 1 aliphatic rings.